The van der Waals surface area contributed by atoms with Gasteiger partial charge in [-0.25, -0.2) is 4.99 Å². The van der Waals surface area contributed by atoms with Crippen LogP contribution in [0.4, 0.5) is 0 Å². The minimum absolute atomic E-state index is 0. The fraction of sp³-hybridized carbons (Fsp3) is 0.611. The Morgan fingerprint density at radius 1 is 1.17 bits per heavy atom. The largest absolute Gasteiger partial charge is 0.496 e. The number of nitrogens with one attached hydrogen (secondary N) is 2. The zero-order valence-corrected chi connectivity index (χ0v) is 18.0. The molecule has 24 heavy (non-hydrogen) atoms. The van der Waals surface area contributed by atoms with E-state index in [2.05, 4.69) is 60.4 Å². The van der Waals surface area contributed by atoms with E-state index in [-0.39, 0.29) is 24.0 Å². The Balaban J connectivity index is 0.00000529. The van der Waals surface area contributed by atoms with Gasteiger partial charge in [0.2, 0.25) is 0 Å². The van der Waals surface area contributed by atoms with Crippen LogP contribution in [-0.2, 0) is 6.54 Å². The van der Waals surface area contributed by atoms with Gasteiger partial charge in [-0.15, -0.1) is 24.0 Å². The van der Waals surface area contributed by atoms with Crippen LogP contribution in [0.15, 0.2) is 23.2 Å². The molecule has 0 aliphatic heterocycles. The summed E-state index contributed by atoms with van der Waals surface area (Å²) in [5, 5.41) is 6.69. The molecule has 1 aromatic rings. The van der Waals surface area contributed by atoms with Crippen LogP contribution >= 0.6 is 24.0 Å². The SMILES string of the molecule is CCNC(=NCc1ccc(C)cc1OC)NCCN(CC)CC.I. The van der Waals surface area contributed by atoms with Crippen LogP contribution in [0.5, 0.6) is 5.75 Å². The molecule has 1 aromatic carbocycles. The van der Waals surface area contributed by atoms with Crippen molar-refractivity contribution in [1.82, 2.24) is 15.5 Å². The van der Waals surface area contributed by atoms with E-state index in [0.717, 1.165) is 50.0 Å². The Morgan fingerprint density at radius 3 is 2.46 bits per heavy atom. The lowest BCUT2D eigenvalue weighted by Crippen LogP contribution is -2.41. The van der Waals surface area contributed by atoms with Crippen LogP contribution in [0.1, 0.15) is 31.9 Å². The zero-order chi connectivity index (χ0) is 17.1. The van der Waals surface area contributed by atoms with Gasteiger partial charge in [0.05, 0.1) is 13.7 Å². The maximum atomic E-state index is 5.44. The van der Waals surface area contributed by atoms with E-state index in [1.807, 2.05) is 6.07 Å². The van der Waals surface area contributed by atoms with Crippen molar-refractivity contribution in [2.24, 2.45) is 4.99 Å². The Kier molecular flexibility index (Phi) is 12.7. The standard InChI is InChI=1S/C18H32N4O.HI/c1-6-19-18(20-11-12-22(7-2)8-3)21-14-16-10-9-15(4)13-17(16)23-5;/h9-10,13H,6-8,11-12,14H2,1-5H3,(H2,19,20,21);1H. The monoisotopic (exact) mass is 448 g/mol. The molecular weight excluding hydrogens is 415 g/mol. The van der Waals surface area contributed by atoms with Gasteiger partial charge in [0.1, 0.15) is 5.75 Å². The van der Waals surface area contributed by atoms with Gasteiger partial charge in [-0.3, -0.25) is 0 Å². The van der Waals surface area contributed by atoms with Crippen molar-refractivity contribution in [3.63, 3.8) is 0 Å². The van der Waals surface area contributed by atoms with Crippen LogP contribution in [0.25, 0.3) is 0 Å². The lowest BCUT2D eigenvalue weighted by atomic mass is 10.1. The van der Waals surface area contributed by atoms with Crippen molar-refractivity contribution in [3.8, 4) is 5.75 Å². The number of guanidine groups is 1. The van der Waals surface area contributed by atoms with Gasteiger partial charge >= 0.3 is 0 Å². The highest BCUT2D eigenvalue weighted by Gasteiger charge is 2.04. The minimum Gasteiger partial charge on any atom is -0.496 e. The predicted octanol–water partition coefficient (Wildman–Crippen LogP) is 3.02. The van der Waals surface area contributed by atoms with E-state index in [1.165, 1.54) is 5.56 Å². The van der Waals surface area contributed by atoms with Crippen LogP contribution in [-0.4, -0.2) is 50.7 Å². The molecule has 0 heterocycles. The second-order valence-corrected chi connectivity index (χ2v) is 5.46. The normalized spacial score (nSPS) is 11.2. The maximum absolute atomic E-state index is 5.44. The number of aliphatic imine (C=N–C) groups is 1. The van der Waals surface area contributed by atoms with E-state index >= 15 is 0 Å². The summed E-state index contributed by atoms with van der Waals surface area (Å²) in [6.07, 6.45) is 0. The molecule has 0 spiro atoms. The number of hydrogen-bond donors (Lipinski definition) is 2. The molecule has 0 unspecified atom stereocenters. The molecule has 0 bridgehead atoms. The van der Waals surface area contributed by atoms with E-state index in [1.54, 1.807) is 7.11 Å². The predicted molar refractivity (Wildman–Crippen MR) is 114 cm³/mol. The highest BCUT2D eigenvalue weighted by Crippen LogP contribution is 2.20. The van der Waals surface area contributed by atoms with Crippen molar-refractivity contribution in [2.75, 3.05) is 39.8 Å². The number of methoxy groups -OCH3 is 1. The van der Waals surface area contributed by atoms with Gasteiger partial charge in [-0.2, -0.15) is 0 Å². The Hall–Kier alpha value is -1.02. The Labute approximate surface area is 164 Å². The number of nitrogens with zero attached hydrogens (tertiary/aromatic N) is 2. The van der Waals surface area contributed by atoms with Crippen LogP contribution in [0.3, 0.4) is 0 Å². The van der Waals surface area contributed by atoms with Crippen molar-refractivity contribution >= 4 is 29.9 Å². The number of likely N-dealkylation sites (N-methyl/N-ethyl adjacent to an activating group) is 1. The second kappa shape index (κ2) is 13.3. The first-order valence-electron chi connectivity index (χ1n) is 8.52. The van der Waals surface area contributed by atoms with Gasteiger partial charge in [0.15, 0.2) is 5.96 Å². The van der Waals surface area contributed by atoms with E-state index < -0.39 is 0 Å². The van der Waals surface area contributed by atoms with Crippen molar-refractivity contribution in [2.45, 2.75) is 34.2 Å². The number of benzene rings is 1. The first-order valence-corrected chi connectivity index (χ1v) is 8.52. The quantitative estimate of drug-likeness (QED) is 0.347. The van der Waals surface area contributed by atoms with Crippen molar-refractivity contribution < 1.29 is 4.74 Å². The van der Waals surface area contributed by atoms with Crippen molar-refractivity contribution in [1.29, 1.82) is 0 Å². The summed E-state index contributed by atoms with van der Waals surface area (Å²) in [5.41, 5.74) is 2.29. The Bertz CT molecular complexity index is 490. The molecule has 138 valence electrons. The molecule has 2 N–H and O–H groups in total. The lowest BCUT2D eigenvalue weighted by molar-refractivity contribution is 0.308. The van der Waals surface area contributed by atoms with Gasteiger partial charge in [-0.05, 0) is 38.6 Å². The van der Waals surface area contributed by atoms with Crippen LogP contribution in [0.2, 0.25) is 0 Å². The summed E-state index contributed by atoms with van der Waals surface area (Å²) in [7, 11) is 1.70. The molecule has 0 saturated carbocycles. The number of halogens is 1. The third-order valence-corrected chi connectivity index (χ3v) is 3.81. The summed E-state index contributed by atoms with van der Waals surface area (Å²) in [5.74, 6) is 1.75. The molecule has 0 atom stereocenters. The molecule has 0 fully saturated rings. The number of hydrogen-bond acceptors (Lipinski definition) is 3. The second-order valence-electron chi connectivity index (χ2n) is 5.46. The molecule has 0 aromatic heterocycles. The fourth-order valence-corrected chi connectivity index (χ4v) is 2.36. The molecule has 6 heteroatoms. The molecular formula is C18H33IN4O. The topological polar surface area (TPSA) is 48.9 Å². The van der Waals surface area contributed by atoms with E-state index in [9.17, 15) is 0 Å². The van der Waals surface area contributed by atoms with Crippen LogP contribution in [0, 0.1) is 6.92 Å². The fourth-order valence-electron chi connectivity index (χ4n) is 2.36. The van der Waals surface area contributed by atoms with Gasteiger partial charge in [-0.1, -0.05) is 26.0 Å². The Morgan fingerprint density at radius 2 is 1.88 bits per heavy atom. The molecule has 0 aliphatic rings. The average Bonchev–Trinajstić information content (AvgIpc) is 2.57. The molecule has 0 radical (unpaired) electrons. The molecule has 0 saturated heterocycles. The number of ether oxygens (including phenoxy) is 1. The van der Waals surface area contributed by atoms with E-state index in [4.69, 9.17) is 4.74 Å². The van der Waals surface area contributed by atoms with Crippen LogP contribution < -0.4 is 15.4 Å². The summed E-state index contributed by atoms with van der Waals surface area (Å²) in [4.78, 5) is 7.05. The lowest BCUT2D eigenvalue weighted by Gasteiger charge is -2.19. The summed E-state index contributed by atoms with van der Waals surface area (Å²) >= 11 is 0. The summed E-state index contributed by atoms with van der Waals surface area (Å²) in [6.45, 7) is 14.0. The molecule has 0 amide bonds. The van der Waals surface area contributed by atoms with E-state index in [0.29, 0.717) is 6.54 Å². The van der Waals surface area contributed by atoms with Gasteiger partial charge in [0.25, 0.3) is 0 Å². The smallest absolute Gasteiger partial charge is 0.191 e. The highest BCUT2D eigenvalue weighted by atomic mass is 127. The molecule has 1 rings (SSSR count). The van der Waals surface area contributed by atoms with Crippen molar-refractivity contribution in [3.05, 3.63) is 29.3 Å². The first-order chi connectivity index (χ1) is 11.1. The minimum atomic E-state index is 0. The average molecular weight is 448 g/mol. The van der Waals surface area contributed by atoms with Gasteiger partial charge in [0, 0.05) is 25.2 Å². The first kappa shape index (κ1) is 23.0. The summed E-state index contributed by atoms with van der Waals surface area (Å²) < 4.78 is 5.44. The zero-order valence-electron chi connectivity index (χ0n) is 15.7. The molecule has 0 aliphatic carbocycles. The number of rotatable bonds is 9. The highest BCUT2D eigenvalue weighted by molar-refractivity contribution is 14.0. The summed E-state index contributed by atoms with van der Waals surface area (Å²) in [6, 6.07) is 6.22. The molecule has 5 nitrogen and oxygen atoms in total. The third-order valence-electron chi connectivity index (χ3n) is 3.81. The maximum Gasteiger partial charge on any atom is 0.191 e. The third kappa shape index (κ3) is 8.19. The van der Waals surface area contributed by atoms with Gasteiger partial charge < -0.3 is 20.3 Å². The number of aryl methyl sites for hydroxylation is 1.